The van der Waals surface area contributed by atoms with Crippen LogP contribution in [-0.2, 0) is 0 Å². The van der Waals surface area contributed by atoms with E-state index < -0.39 is 0 Å². The summed E-state index contributed by atoms with van der Waals surface area (Å²) in [6.07, 6.45) is 2.40. The third-order valence-corrected chi connectivity index (χ3v) is 4.23. The molecule has 1 heterocycles. The quantitative estimate of drug-likeness (QED) is 0.930. The second-order valence-electron chi connectivity index (χ2n) is 4.97. The lowest BCUT2D eigenvalue weighted by Gasteiger charge is -2.19. The largest absolute Gasteiger partial charge is 0.350 e. The zero-order valence-electron chi connectivity index (χ0n) is 10.9. The monoisotopic (exact) mass is 310 g/mol. The van der Waals surface area contributed by atoms with Crippen LogP contribution in [0.15, 0.2) is 22.7 Å². The molecule has 0 aliphatic carbocycles. The number of aryl methyl sites for hydroxylation is 1. The van der Waals surface area contributed by atoms with Crippen LogP contribution < -0.4 is 5.32 Å². The van der Waals surface area contributed by atoms with Gasteiger partial charge < -0.3 is 10.2 Å². The summed E-state index contributed by atoms with van der Waals surface area (Å²) in [4.78, 5) is 14.4. The van der Waals surface area contributed by atoms with Crippen molar-refractivity contribution in [2.24, 2.45) is 0 Å². The van der Waals surface area contributed by atoms with Gasteiger partial charge in [0, 0.05) is 17.1 Å². The molecular formula is C14H19BrN2O. The number of rotatable bonds is 3. The number of nitrogens with zero attached hydrogens (tertiary/aromatic N) is 1. The summed E-state index contributed by atoms with van der Waals surface area (Å²) in [5.74, 6) is 0.00544. The number of hydrogen-bond acceptors (Lipinski definition) is 2. The summed E-state index contributed by atoms with van der Waals surface area (Å²) in [6.45, 7) is 3.86. The zero-order chi connectivity index (χ0) is 13.1. The van der Waals surface area contributed by atoms with E-state index in [0.29, 0.717) is 6.04 Å². The van der Waals surface area contributed by atoms with E-state index in [1.807, 2.05) is 25.1 Å². The van der Waals surface area contributed by atoms with Crippen LogP contribution in [0.2, 0.25) is 0 Å². The van der Waals surface area contributed by atoms with Crippen LogP contribution in [0.5, 0.6) is 0 Å². The van der Waals surface area contributed by atoms with Crippen LogP contribution in [0.4, 0.5) is 0 Å². The summed E-state index contributed by atoms with van der Waals surface area (Å²) in [5, 5.41) is 3.03. The molecule has 2 rings (SSSR count). The van der Waals surface area contributed by atoms with Crippen molar-refractivity contribution in [3.8, 4) is 0 Å². The van der Waals surface area contributed by atoms with Crippen LogP contribution in [0.3, 0.4) is 0 Å². The molecule has 0 saturated carbocycles. The Bertz CT molecular complexity index is 447. The lowest BCUT2D eigenvalue weighted by atomic mass is 10.1. The molecule has 1 aliphatic rings. The van der Waals surface area contributed by atoms with Gasteiger partial charge in [-0.3, -0.25) is 4.79 Å². The Morgan fingerprint density at radius 3 is 3.00 bits per heavy atom. The summed E-state index contributed by atoms with van der Waals surface area (Å²) in [6, 6.07) is 6.31. The fraction of sp³-hybridized carbons (Fsp3) is 0.500. The van der Waals surface area contributed by atoms with Crippen molar-refractivity contribution in [3.05, 3.63) is 33.8 Å². The van der Waals surface area contributed by atoms with E-state index in [-0.39, 0.29) is 5.91 Å². The molecule has 1 N–H and O–H groups in total. The van der Waals surface area contributed by atoms with Gasteiger partial charge in [-0.25, -0.2) is 0 Å². The van der Waals surface area contributed by atoms with Crippen LogP contribution in [-0.4, -0.2) is 37.0 Å². The number of halogens is 1. The first-order chi connectivity index (χ1) is 8.58. The topological polar surface area (TPSA) is 32.3 Å². The molecule has 1 aromatic carbocycles. The Morgan fingerprint density at radius 1 is 1.56 bits per heavy atom. The van der Waals surface area contributed by atoms with Crippen molar-refractivity contribution in [1.29, 1.82) is 0 Å². The summed E-state index contributed by atoms with van der Waals surface area (Å²) in [7, 11) is 2.12. The maximum absolute atomic E-state index is 12.1. The molecule has 18 heavy (non-hydrogen) atoms. The van der Waals surface area contributed by atoms with Gasteiger partial charge in [-0.1, -0.05) is 11.6 Å². The van der Waals surface area contributed by atoms with Crippen molar-refractivity contribution in [2.75, 3.05) is 20.1 Å². The van der Waals surface area contributed by atoms with Gasteiger partial charge in [-0.2, -0.15) is 0 Å². The van der Waals surface area contributed by atoms with Gasteiger partial charge in [0.2, 0.25) is 0 Å². The van der Waals surface area contributed by atoms with Gasteiger partial charge in [0.1, 0.15) is 0 Å². The molecule has 0 spiro atoms. The smallest absolute Gasteiger partial charge is 0.252 e. The van der Waals surface area contributed by atoms with Crippen molar-refractivity contribution in [1.82, 2.24) is 10.2 Å². The number of carbonyl (C=O) groups is 1. The number of hydrogen-bond donors (Lipinski definition) is 1. The molecule has 1 unspecified atom stereocenters. The highest BCUT2D eigenvalue weighted by molar-refractivity contribution is 9.10. The molecule has 1 fully saturated rings. The predicted molar refractivity (Wildman–Crippen MR) is 76.9 cm³/mol. The second-order valence-corrected chi connectivity index (χ2v) is 5.82. The van der Waals surface area contributed by atoms with E-state index in [2.05, 4.69) is 33.2 Å². The van der Waals surface area contributed by atoms with Crippen molar-refractivity contribution < 1.29 is 4.79 Å². The van der Waals surface area contributed by atoms with E-state index in [4.69, 9.17) is 0 Å². The number of likely N-dealkylation sites (tertiary alicyclic amines) is 1. The fourth-order valence-electron chi connectivity index (χ4n) is 2.36. The second kappa shape index (κ2) is 5.85. The number of nitrogens with one attached hydrogen (secondary N) is 1. The predicted octanol–water partition coefficient (Wildman–Crippen LogP) is 2.58. The molecule has 4 heteroatoms. The lowest BCUT2D eigenvalue weighted by Crippen LogP contribution is -2.38. The van der Waals surface area contributed by atoms with E-state index in [1.165, 1.54) is 12.8 Å². The SMILES string of the molecule is Cc1ccc(Br)c(C(=O)NCC2CCCN2C)c1. The van der Waals surface area contributed by atoms with Gasteiger partial charge in [-0.05, 0) is 61.4 Å². The molecule has 1 atom stereocenters. The van der Waals surface area contributed by atoms with E-state index in [0.717, 1.165) is 28.7 Å². The minimum absolute atomic E-state index is 0.00544. The zero-order valence-corrected chi connectivity index (χ0v) is 12.5. The average molecular weight is 311 g/mol. The third kappa shape index (κ3) is 3.12. The molecule has 0 radical (unpaired) electrons. The van der Waals surface area contributed by atoms with Gasteiger partial charge in [-0.15, -0.1) is 0 Å². The summed E-state index contributed by atoms with van der Waals surface area (Å²) < 4.78 is 0.852. The Kier molecular flexibility index (Phi) is 4.40. The highest BCUT2D eigenvalue weighted by atomic mass is 79.9. The Labute approximate surface area is 117 Å². The van der Waals surface area contributed by atoms with Gasteiger partial charge in [0.25, 0.3) is 5.91 Å². The van der Waals surface area contributed by atoms with E-state index in [9.17, 15) is 4.79 Å². The number of amides is 1. The molecule has 0 aromatic heterocycles. The normalized spacial score (nSPS) is 20.1. The molecule has 1 aliphatic heterocycles. The first-order valence-electron chi connectivity index (χ1n) is 6.32. The number of likely N-dealkylation sites (N-methyl/N-ethyl adjacent to an activating group) is 1. The molecule has 98 valence electrons. The van der Waals surface area contributed by atoms with Gasteiger partial charge >= 0.3 is 0 Å². The standard InChI is InChI=1S/C14H19BrN2O/c1-10-5-6-13(15)12(8-10)14(18)16-9-11-4-3-7-17(11)2/h5-6,8,11H,3-4,7,9H2,1-2H3,(H,16,18). The van der Waals surface area contributed by atoms with Gasteiger partial charge in [0.15, 0.2) is 0 Å². The van der Waals surface area contributed by atoms with E-state index >= 15 is 0 Å². The average Bonchev–Trinajstić information content (AvgIpc) is 2.75. The molecule has 1 saturated heterocycles. The minimum atomic E-state index is 0.00544. The molecule has 3 nitrogen and oxygen atoms in total. The number of carbonyl (C=O) groups excluding carboxylic acids is 1. The van der Waals surface area contributed by atoms with Gasteiger partial charge in [0.05, 0.1) is 5.56 Å². The Balaban J connectivity index is 1.97. The first kappa shape index (κ1) is 13.6. The maximum Gasteiger partial charge on any atom is 0.252 e. The maximum atomic E-state index is 12.1. The lowest BCUT2D eigenvalue weighted by molar-refractivity contribution is 0.0943. The minimum Gasteiger partial charge on any atom is -0.350 e. The van der Waals surface area contributed by atoms with Crippen LogP contribution in [0, 0.1) is 6.92 Å². The molecule has 1 amide bonds. The van der Waals surface area contributed by atoms with Crippen LogP contribution >= 0.6 is 15.9 Å². The third-order valence-electron chi connectivity index (χ3n) is 3.54. The first-order valence-corrected chi connectivity index (χ1v) is 7.12. The van der Waals surface area contributed by atoms with E-state index in [1.54, 1.807) is 0 Å². The van der Waals surface area contributed by atoms with Crippen LogP contribution in [0.1, 0.15) is 28.8 Å². The summed E-state index contributed by atoms with van der Waals surface area (Å²) in [5.41, 5.74) is 1.82. The Hall–Kier alpha value is -0.870. The van der Waals surface area contributed by atoms with Crippen LogP contribution in [0.25, 0.3) is 0 Å². The highest BCUT2D eigenvalue weighted by Gasteiger charge is 2.21. The number of benzene rings is 1. The fourth-order valence-corrected chi connectivity index (χ4v) is 2.78. The van der Waals surface area contributed by atoms with Crippen molar-refractivity contribution in [2.45, 2.75) is 25.8 Å². The summed E-state index contributed by atoms with van der Waals surface area (Å²) >= 11 is 3.43. The molecular weight excluding hydrogens is 292 g/mol. The van der Waals surface area contributed by atoms with Crippen molar-refractivity contribution >= 4 is 21.8 Å². The molecule has 1 aromatic rings. The Morgan fingerprint density at radius 2 is 2.33 bits per heavy atom. The van der Waals surface area contributed by atoms with Crippen molar-refractivity contribution in [3.63, 3.8) is 0 Å². The molecule has 0 bridgehead atoms. The highest BCUT2D eigenvalue weighted by Crippen LogP contribution is 2.18.